The molecule has 0 aliphatic heterocycles. The van der Waals surface area contributed by atoms with Gasteiger partial charge in [0.2, 0.25) is 5.91 Å². The van der Waals surface area contributed by atoms with Gasteiger partial charge in [-0.3, -0.25) is 4.79 Å². The fraction of sp³-hybridized carbons (Fsp3) is 0.158. The smallest absolute Gasteiger partial charge is 0.324 e. The Balaban J connectivity index is 1.66. The molecule has 0 saturated carbocycles. The first kappa shape index (κ1) is 16.9. The third-order valence-corrected chi connectivity index (χ3v) is 4.29. The number of aromatic nitrogens is 4. The number of carbonyl (C=O) groups excluding carboxylic acids is 1. The highest BCUT2D eigenvalue weighted by molar-refractivity contribution is 5.92. The Morgan fingerprint density at radius 1 is 1.22 bits per heavy atom. The lowest BCUT2D eigenvalue weighted by Crippen LogP contribution is -2.28. The number of rotatable bonds is 4. The van der Waals surface area contributed by atoms with Gasteiger partial charge in [0.05, 0.1) is 5.52 Å². The molecule has 1 amide bonds. The quantitative estimate of drug-likeness (QED) is 0.602. The number of nitrogens with one attached hydrogen (secondary N) is 1. The van der Waals surface area contributed by atoms with Crippen LogP contribution in [0.15, 0.2) is 53.6 Å². The van der Waals surface area contributed by atoms with Crippen molar-refractivity contribution < 1.29 is 9.18 Å². The van der Waals surface area contributed by atoms with Crippen LogP contribution in [0.5, 0.6) is 0 Å². The Kier molecular flexibility index (Phi) is 4.15. The number of nitrogens with zero attached hydrogens (tertiary/aromatic N) is 4. The first-order valence-corrected chi connectivity index (χ1v) is 8.47. The van der Waals surface area contributed by atoms with Crippen LogP contribution in [0, 0.1) is 5.82 Å². The number of fused-ring (bicyclic) bond motifs is 3. The standard InChI is InChI=1S/C19H16FN5O2/c1-2-12-4-3-5-14(8-12)22-17(26)10-25-19(27)24-11-21-16-7-6-13(20)9-15(16)18(24)23-25/h3-9,11H,2,10H2,1H3,(H,22,26). The third-order valence-electron chi connectivity index (χ3n) is 4.29. The highest BCUT2D eigenvalue weighted by Crippen LogP contribution is 2.16. The predicted molar refractivity (Wildman–Crippen MR) is 99.2 cm³/mol. The maximum Gasteiger partial charge on any atom is 0.352 e. The lowest BCUT2D eigenvalue weighted by molar-refractivity contribution is -0.117. The molecule has 2 aromatic carbocycles. The second-order valence-electron chi connectivity index (χ2n) is 6.14. The van der Waals surface area contributed by atoms with Gasteiger partial charge in [0.15, 0.2) is 5.65 Å². The SMILES string of the molecule is CCc1cccc(NC(=O)Cn2nc3c4cc(F)ccc4ncn3c2=O)c1. The van der Waals surface area contributed by atoms with Crippen LogP contribution < -0.4 is 11.0 Å². The number of halogens is 1. The summed E-state index contributed by atoms with van der Waals surface area (Å²) in [4.78, 5) is 29.0. The number of hydrogen-bond acceptors (Lipinski definition) is 4. The molecule has 4 rings (SSSR count). The van der Waals surface area contributed by atoms with E-state index >= 15 is 0 Å². The zero-order chi connectivity index (χ0) is 19.0. The largest absolute Gasteiger partial charge is 0.352 e. The van der Waals surface area contributed by atoms with Crippen molar-refractivity contribution in [2.24, 2.45) is 0 Å². The average molecular weight is 365 g/mol. The van der Waals surface area contributed by atoms with Crippen molar-refractivity contribution in [3.05, 3.63) is 70.7 Å². The normalized spacial score (nSPS) is 11.2. The minimum absolute atomic E-state index is 0.255. The molecule has 136 valence electrons. The molecule has 0 spiro atoms. The van der Waals surface area contributed by atoms with Gasteiger partial charge in [-0.05, 0) is 42.3 Å². The first-order chi connectivity index (χ1) is 13.0. The molecular weight excluding hydrogens is 349 g/mol. The van der Waals surface area contributed by atoms with E-state index in [0.29, 0.717) is 16.6 Å². The minimum Gasteiger partial charge on any atom is -0.324 e. The summed E-state index contributed by atoms with van der Waals surface area (Å²) in [6, 6.07) is 11.6. The Hall–Kier alpha value is -3.55. The molecule has 2 aromatic heterocycles. The molecule has 0 fully saturated rings. The summed E-state index contributed by atoms with van der Waals surface area (Å²) in [6.07, 6.45) is 2.18. The van der Waals surface area contributed by atoms with Gasteiger partial charge in [0.25, 0.3) is 0 Å². The summed E-state index contributed by atoms with van der Waals surface area (Å²) >= 11 is 0. The van der Waals surface area contributed by atoms with Gasteiger partial charge in [-0.25, -0.2) is 23.3 Å². The van der Waals surface area contributed by atoms with E-state index in [2.05, 4.69) is 15.4 Å². The molecule has 2 heterocycles. The number of carbonyl (C=O) groups is 1. The highest BCUT2D eigenvalue weighted by Gasteiger charge is 2.14. The van der Waals surface area contributed by atoms with E-state index in [1.54, 1.807) is 6.07 Å². The molecule has 0 unspecified atom stereocenters. The molecule has 7 nitrogen and oxygen atoms in total. The van der Waals surface area contributed by atoms with Crippen LogP contribution >= 0.6 is 0 Å². The van der Waals surface area contributed by atoms with Gasteiger partial charge >= 0.3 is 5.69 Å². The fourth-order valence-corrected chi connectivity index (χ4v) is 2.94. The van der Waals surface area contributed by atoms with Crippen LogP contribution in [0.25, 0.3) is 16.6 Å². The van der Waals surface area contributed by atoms with E-state index in [9.17, 15) is 14.0 Å². The summed E-state index contributed by atoms with van der Waals surface area (Å²) in [5, 5.41) is 7.36. The van der Waals surface area contributed by atoms with Crippen molar-refractivity contribution in [2.45, 2.75) is 19.9 Å². The molecule has 8 heteroatoms. The second kappa shape index (κ2) is 6.64. The van der Waals surface area contributed by atoms with Crippen LogP contribution in [0.4, 0.5) is 10.1 Å². The summed E-state index contributed by atoms with van der Waals surface area (Å²) in [6.45, 7) is 1.77. The highest BCUT2D eigenvalue weighted by atomic mass is 19.1. The maximum absolute atomic E-state index is 13.6. The van der Waals surface area contributed by atoms with E-state index in [-0.39, 0.29) is 18.1 Å². The predicted octanol–water partition coefficient (Wildman–Crippen LogP) is 2.38. The number of aryl methyl sites for hydroxylation is 1. The molecule has 0 aliphatic carbocycles. The van der Waals surface area contributed by atoms with E-state index in [0.717, 1.165) is 16.7 Å². The Labute approximate surface area is 153 Å². The molecule has 4 aromatic rings. The summed E-state index contributed by atoms with van der Waals surface area (Å²) in [7, 11) is 0. The topological polar surface area (TPSA) is 81.3 Å². The molecule has 0 bridgehead atoms. The molecule has 0 radical (unpaired) electrons. The zero-order valence-corrected chi connectivity index (χ0v) is 14.5. The van der Waals surface area contributed by atoms with Crippen molar-refractivity contribution in [3.8, 4) is 0 Å². The van der Waals surface area contributed by atoms with Crippen molar-refractivity contribution in [1.29, 1.82) is 0 Å². The number of amides is 1. The maximum atomic E-state index is 13.6. The van der Waals surface area contributed by atoms with Gasteiger partial charge in [0, 0.05) is 11.1 Å². The van der Waals surface area contributed by atoms with E-state index in [1.165, 1.54) is 28.9 Å². The van der Waals surface area contributed by atoms with Crippen molar-refractivity contribution in [2.75, 3.05) is 5.32 Å². The monoisotopic (exact) mass is 365 g/mol. The van der Waals surface area contributed by atoms with Gasteiger partial charge in [-0.2, -0.15) is 0 Å². The molecule has 0 aliphatic rings. The minimum atomic E-state index is -0.513. The molecule has 1 N–H and O–H groups in total. The van der Waals surface area contributed by atoms with E-state index in [4.69, 9.17) is 0 Å². The third kappa shape index (κ3) is 3.17. The molecule has 27 heavy (non-hydrogen) atoms. The second-order valence-corrected chi connectivity index (χ2v) is 6.14. The van der Waals surface area contributed by atoms with Crippen LogP contribution in [-0.2, 0) is 17.8 Å². The number of hydrogen-bond donors (Lipinski definition) is 1. The van der Waals surface area contributed by atoms with Crippen molar-refractivity contribution >= 4 is 28.1 Å². The summed E-state index contributed by atoms with van der Waals surface area (Å²) in [5.74, 6) is -0.829. The van der Waals surface area contributed by atoms with Crippen LogP contribution in [0.1, 0.15) is 12.5 Å². The molecule has 0 atom stereocenters. The summed E-state index contributed by atoms with van der Waals surface area (Å²) < 4.78 is 15.8. The lowest BCUT2D eigenvalue weighted by atomic mass is 10.1. The molecular formula is C19H16FN5O2. The number of benzene rings is 2. The van der Waals surface area contributed by atoms with Crippen molar-refractivity contribution in [3.63, 3.8) is 0 Å². The number of anilines is 1. The van der Waals surface area contributed by atoms with Gasteiger partial charge < -0.3 is 5.32 Å². The van der Waals surface area contributed by atoms with E-state index in [1.807, 2.05) is 25.1 Å². The van der Waals surface area contributed by atoms with Gasteiger partial charge in [-0.15, -0.1) is 5.10 Å². The van der Waals surface area contributed by atoms with Gasteiger partial charge in [0.1, 0.15) is 18.7 Å². The van der Waals surface area contributed by atoms with E-state index < -0.39 is 11.5 Å². The Bertz CT molecular complexity index is 1230. The van der Waals surface area contributed by atoms with Crippen LogP contribution in [0.3, 0.4) is 0 Å². The zero-order valence-electron chi connectivity index (χ0n) is 14.5. The van der Waals surface area contributed by atoms with Crippen molar-refractivity contribution in [1.82, 2.24) is 19.2 Å². The fourth-order valence-electron chi connectivity index (χ4n) is 2.94. The summed E-state index contributed by atoms with van der Waals surface area (Å²) in [5.41, 5.74) is 2.01. The van der Waals surface area contributed by atoms with Crippen LogP contribution in [-0.4, -0.2) is 25.1 Å². The van der Waals surface area contributed by atoms with Gasteiger partial charge in [-0.1, -0.05) is 19.1 Å². The lowest BCUT2D eigenvalue weighted by Gasteiger charge is -2.06. The van der Waals surface area contributed by atoms with Crippen LogP contribution in [0.2, 0.25) is 0 Å². The Morgan fingerprint density at radius 3 is 2.89 bits per heavy atom. The Morgan fingerprint density at radius 2 is 2.07 bits per heavy atom. The molecule has 0 saturated heterocycles. The first-order valence-electron chi connectivity index (χ1n) is 8.47. The average Bonchev–Trinajstić information content (AvgIpc) is 2.98.